The van der Waals surface area contributed by atoms with E-state index in [1.54, 1.807) is 6.08 Å². The molecule has 0 radical (unpaired) electrons. The Bertz CT molecular complexity index is 715. The van der Waals surface area contributed by atoms with Crippen LogP contribution in [-0.4, -0.2) is 55.1 Å². The highest BCUT2D eigenvalue weighted by Crippen LogP contribution is 2.17. The molecular formula is C19H27IN4O3. The molecule has 0 aliphatic rings. The number of nitrogens with zero attached hydrogens (tertiary/aromatic N) is 4. The molecule has 2 aromatic rings. The Morgan fingerprint density at radius 2 is 1.89 bits per heavy atom. The first-order valence-electron chi connectivity index (χ1n) is 8.76. The second-order valence-corrected chi connectivity index (χ2v) is 5.73. The van der Waals surface area contributed by atoms with Crippen LogP contribution in [0, 0.1) is 10.1 Å². The molecule has 0 aliphatic carbocycles. The van der Waals surface area contributed by atoms with Gasteiger partial charge in [0.25, 0.3) is 0 Å². The number of halogens is 1. The van der Waals surface area contributed by atoms with Crippen molar-refractivity contribution in [3.8, 4) is 0 Å². The second-order valence-electron chi connectivity index (χ2n) is 5.73. The zero-order valence-electron chi connectivity index (χ0n) is 16.0. The van der Waals surface area contributed by atoms with Gasteiger partial charge < -0.3 is 20.1 Å². The van der Waals surface area contributed by atoms with Crippen molar-refractivity contribution < 1.29 is 10.0 Å². The number of imidazole rings is 1. The number of aromatic nitrogens is 2. The molecule has 27 heavy (non-hydrogen) atoms. The maximum absolute atomic E-state index is 11.3. The van der Waals surface area contributed by atoms with Gasteiger partial charge in [-0.1, -0.05) is 66.8 Å². The van der Waals surface area contributed by atoms with Crippen molar-refractivity contribution in [1.29, 1.82) is 0 Å². The Hall–Kier alpha value is -1.78. The number of aliphatic hydroxyl groups excluding tert-OH is 1. The van der Waals surface area contributed by atoms with Crippen molar-refractivity contribution in [3.63, 3.8) is 0 Å². The van der Waals surface area contributed by atoms with Crippen LogP contribution >= 0.6 is 22.6 Å². The lowest BCUT2D eigenvalue weighted by molar-refractivity contribution is -0.392. The van der Waals surface area contributed by atoms with Crippen LogP contribution in [0.15, 0.2) is 36.5 Å². The standard InChI is InChI=1S/C18H24N4O3.CH3I/c1-3-20(4-2)13-16(23)14-21-17(19-12-18(21)22(24)25)11-10-15-8-6-5-7-9-15;1-2/h5-12,16,23H,3-4,13-14H2,1-2H3;1H3/b11-10+;. The van der Waals surface area contributed by atoms with Gasteiger partial charge in [-0.3, -0.25) is 0 Å². The van der Waals surface area contributed by atoms with Crippen LogP contribution < -0.4 is 0 Å². The van der Waals surface area contributed by atoms with E-state index in [0.29, 0.717) is 12.4 Å². The number of likely N-dealkylation sites (N-methyl/N-ethyl adjacent to an activating group) is 1. The lowest BCUT2D eigenvalue weighted by Gasteiger charge is -2.21. The zero-order chi connectivity index (χ0) is 20.2. The summed E-state index contributed by atoms with van der Waals surface area (Å²) in [5, 5.41) is 21.6. The highest BCUT2D eigenvalue weighted by molar-refractivity contribution is 14.1. The number of aliphatic hydroxyl groups is 1. The van der Waals surface area contributed by atoms with Crippen LogP contribution in [0.4, 0.5) is 5.82 Å². The van der Waals surface area contributed by atoms with Gasteiger partial charge in [0.1, 0.15) is 18.8 Å². The van der Waals surface area contributed by atoms with Gasteiger partial charge in [0.15, 0.2) is 0 Å². The maximum atomic E-state index is 11.3. The maximum Gasteiger partial charge on any atom is 0.343 e. The molecular weight excluding hydrogens is 459 g/mol. The van der Waals surface area contributed by atoms with Crippen LogP contribution in [0.25, 0.3) is 12.2 Å². The molecule has 0 bridgehead atoms. The van der Waals surface area contributed by atoms with Crippen molar-refractivity contribution in [3.05, 3.63) is 58.0 Å². The first kappa shape index (κ1) is 23.3. The van der Waals surface area contributed by atoms with Gasteiger partial charge in [-0.15, -0.1) is 0 Å². The van der Waals surface area contributed by atoms with E-state index < -0.39 is 11.0 Å². The molecule has 0 saturated carbocycles. The Morgan fingerprint density at radius 1 is 1.26 bits per heavy atom. The number of hydrogen-bond acceptors (Lipinski definition) is 5. The summed E-state index contributed by atoms with van der Waals surface area (Å²) >= 11 is 2.15. The topological polar surface area (TPSA) is 84.4 Å². The first-order chi connectivity index (χ1) is 13.0. The average molecular weight is 486 g/mol. The number of nitro groups is 1. The largest absolute Gasteiger partial charge is 0.388 e. The molecule has 148 valence electrons. The van der Waals surface area contributed by atoms with Crippen LogP contribution in [0.5, 0.6) is 0 Å². The highest BCUT2D eigenvalue weighted by Gasteiger charge is 2.22. The fourth-order valence-electron chi connectivity index (χ4n) is 2.63. The number of hydrogen-bond donors (Lipinski definition) is 1. The SMILES string of the molecule is CCN(CC)CC(O)Cn1c([N+](=O)[O-])cnc1/C=C/c1ccccc1.CI. The van der Waals surface area contributed by atoms with Crippen molar-refractivity contribution in [2.75, 3.05) is 24.6 Å². The summed E-state index contributed by atoms with van der Waals surface area (Å²) in [6.07, 6.45) is 4.09. The summed E-state index contributed by atoms with van der Waals surface area (Å²) in [7, 11) is 0. The summed E-state index contributed by atoms with van der Waals surface area (Å²) in [6, 6.07) is 9.64. The molecule has 2 rings (SSSR count). The van der Waals surface area contributed by atoms with E-state index in [4.69, 9.17) is 0 Å². The van der Waals surface area contributed by atoms with Gasteiger partial charge in [-0.05, 0) is 34.6 Å². The van der Waals surface area contributed by atoms with Gasteiger partial charge in [0.05, 0.1) is 0 Å². The second kappa shape index (κ2) is 12.6. The Morgan fingerprint density at radius 3 is 2.44 bits per heavy atom. The van der Waals surface area contributed by atoms with E-state index >= 15 is 0 Å². The number of rotatable bonds is 9. The summed E-state index contributed by atoms with van der Waals surface area (Å²) in [5.74, 6) is 0.334. The zero-order valence-corrected chi connectivity index (χ0v) is 18.1. The van der Waals surface area contributed by atoms with Crippen LogP contribution in [-0.2, 0) is 6.54 Å². The summed E-state index contributed by atoms with van der Waals surface area (Å²) in [4.78, 5) is 19.0. The monoisotopic (exact) mass is 486 g/mol. The molecule has 0 spiro atoms. The average Bonchev–Trinajstić information content (AvgIpc) is 3.09. The predicted molar refractivity (Wildman–Crippen MR) is 118 cm³/mol. The van der Waals surface area contributed by atoms with Crippen molar-refractivity contribution >= 4 is 40.6 Å². The lowest BCUT2D eigenvalue weighted by Crippen LogP contribution is -2.34. The Balaban J connectivity index is 0.00000176. The van der Waals surface area contributed by atoms with E-state index in [2.05, 4.69) is 32.5 Å². The molecule has 1 atom stereocenters. The van der Waals surface area contributed by atoms with Gasteiger partial charge >= 0.3 is 5.82 Å². The van der Waals surface area contributed by atoms with Crippen LogP contribution in [0.1, 0.15) is 25.2 Å². The van der Waals surface area contributed by atoms with Gasteiger partial charge in [-0.25, -0.2) is 9.55 Å². The Kier molecular flexibility index (Phi) is 10.8. The molecule has 8 heteroatoms. The molecule has 0 aliphatic heterocycles. The van der Waals surface area contributed by atoms with Gasteiger partial charge in [0, 0.05) is 12.6 Å². The number of benzene rings is 1. The minimum Gasteiger partial charge on any atom is -0.388 e. The Labute approximate surface area is 174 Å². The highest BCUT2D eigenvalue weighted by atomic mass is 127. The molecule has 1 aromatic heterocycles. The quantitative estimate of drug-likeness (QED) is 0.253. The third kappa shape index (κ3) is 7.39. The molecule has 1 aromatic carbocycles. The van der Waals surface area contributed by atoms with Crippen molar-refractivity contribution in [2.24, 2.45) is 0 Å². The minimum absolute atomic E-state index is 0.119. The molecule has 1 N–H and O–H groups in total. The molecule has 0 amide bonds. The molecule has 0 saturated heterocycles. The van der Waals surface area contributed by atoms with Crippen molar-refractivity contribution in [1.82, 2.24) is 14.5 Å². The molecule has 0 fully saturated rings. The molecule has 1 unspecified atom stereocenters. The lowest BCUT2D eigenvalue weighted by atomic mass is 10.2. The van der Waals surface area contributed by atoms with Crippen LogP contribution in [0.2, 0.25) is 0 Å². The van der Waals surface area contributed by atoms with Crippen molar-refractivity contribution in [2.45, 2.75) is 26.5 Å². The van der Waals surface area contributed by atoms with Gasteiger partial charge in [0.2, 0.25) is 5.82 Å². The smallest absolute Gasteiger partial charge is 0.343 e. The number of alkyl halides is 1. The summed E-state index contributed by atoms with van der Waals surface area (Å²) < 4.78 is 1.45. The molecule has 1 heterocycles. The van der Waals surface area contributed by atoms with Crippen LogP contribution in [0.3, 0.4) is 0 Å². The van der Waals surface area contributed by atoms with E-state index in [9.17, 15) is 15.2 Å². The molecule has 7 nitrogen and oxygen atoms in total. The fraction of sp³-hybridized carbons (Fsp3) is 0.421. The van der Waals surface area contributed by atoms with Gasteiger partial charge in [-0.2, -0.15) is 0 Å². The van der Waals surface area contributed by atoms with E-state index in [0.717, 1.165) is 18.7 Å². The summed E-state index contributed by atoms with van der Waals surface area (Å²) in [6.45, 7) is 6.26. The summed E-state index contributed by atoms with van der Waals surface area (Å²) in [5.41, 5.74) is 0.975. The first-order valence-corrected chi connectivity index (χ1v) is 10.9. The fourth-order valence-corrected chi connectivity index (χ4v) is 2.63. The normalized spacial score (nSPS) is 12.1. The van der Waals surface area contributed by atoms with E-state index in [1.165, 1.54) is 10.8 Å². The van der Waals surface area contributed by atoms with E-state index in [1.807, 2.05) is 55.2 Å². The third-order valence-electron chi connectivity index (χ3n) is 4.03. The minimum atomic E-state index is -0.711. The third-order valence-corrected chi connectivity index (χ3v) is 4.03. The van der Waals surface area contributed by atoms with E-state index in [-0.39, 0.29) is 12.4 Å². The predicted octanol–water partition coefficient (Wildman–Crippen LogP) is 3.72.